The van der Waals surface area contributed by atoms with Crippen LogP contribution in [0.4, 0.5) is 0 Å². The van der Waals surface area contributed by atoms with Gasteiger partial charge in [0.1, 0.15) is 0 Å². The second kappa shape index (κ2) is 39.9. The Balaban J connectivity index is 0. The second-order valence-electron chi connectivity index (χ2n) is 0. The third-order valence-electron chi connectivity index (χ3n) is 0. The summed E-state index contributed by atoms with van der Waals surface area (Å²) in [7, 11) is 0. The van der Waals surface area contributed by atoms with Gasteiger partial charge in [-0.15, -0.1) is 37.2 Å². The van der Waals surface area contributed by atoms with Crippen LogP contribution in [0.5, 0.6) is 0 Å². The molecule has 0 aromatic rings. The van der Waals surface area contributed by atoms with Crippen molar-refractivity contribution in [1.82, 2.24) is 0 Å². The van der Waals surface area contributed by atoms with E-state index < -0.39 is 0 Å². The number of hydrogen-bond acceptors (Lipinski definition) is 0. The van der Waals surface area contributed by atoms with Crippen LogP contribution in [0.15, 0.2) is 0 Å². The normalized spacial score (nSPS) is 0. The standard InChI is InChI=1S/Ce.3ClH.La.Nd.Pr/h;3*1H;;;. The maximum absolute atomic E-state index is 0. The Morgan fingerprint density at radius 1 is 0.714 bits per heavy atom. The molecule has 0 saturated heterocycles. The molecule has 0 aliphatic heterocycles. The molecule has 0 spiro atoms. The van der Waals surface area contributed by atoms with E-state index >= 15 is 0 Å². The van der Waals surface area contributed by atoms with E-state index in [1.54, 1.807) is 0 Å². The van der Waals surface area contributed by atoms with Gasteiger partial charge >= 0.3 is 0 Å². The monoisotopic (exact) mass is 670 g/mol. The third kappa shape index (κ3) is 33.1. The van der Waals surface area contributed by atoms with Crippen molar-refractivity contribution < 1.29 is 159 Å². The number of halogens is 3. The van der Waals surface area contributed by atoms with Gasteiger partial charge in [0.15, 0.2) is 0 Å². The van der Waals surface area contributed by atoms with Crippen molar-refractivity contribution in [3.8, 4) is 0 Å². The molecule has 7 heavy (non-hydrogen) atoms. The minimum atomic E-state index is 0. The van der Waals surface area contributed by atoms with Crippen molar-refractivity contribution >= 4 is 37.2 Å². The molecule has 7 heteroatoms. The minimum Gasteiger partial charge on any atom is -0.147 e. The van der Waals surface area contributed by atoms with Crippen LogP contribution < -0.4 is 0 Å². The van der Waals surface area contributed by atoms with E-state index in [1.165, 1.54) is 0 Å². The molecule has 0 N–H and O–H groups in total. The molecule has 38 valence electrons. The van der Waals surface area contributed by atoms with Crippen molar-refractivity contribution in [3.05, 3.63) is 0 Å². The van der Waals surface area contributed by atoms with Gasteiger partial charge < -0.3 is 0 Å². The Morgan fingerprint density at radius 2 is 0.714 bits per heavy atom. The van der Waals surface area contributed by atoms with Gasteiger partial charge in [-0.05, 0) is 0 Å². The quantitative estimate of drug-likeness (QED) is 0.364. The summed E-state index contributed by atoms with van der Waals surface area (Å²) in [5.74, 6) is 0. The van der Waals surface area contributed by atoms with Crippen molar-refractivity contribution in [2.24, 2.45) is 0 Å². The van der Waals surface area contributed by atoms with Gasteiger partial charge in [0.25, 0.3) is 0 Å². The summed E-state index contributed by atoms with van der Waals surface area (Å²) in [6, 6.07) is 0. The van der Waals surface area contributed by atoms with Crippen LogP contribution in [0.1, 0.15) is 0 Å². The molecule has 0 aliphatic carbocycles. The summed E-state index contributed by atoms with van der Waals surface area (Å²) in [6.07, 6.45) is 0. The van der Waals surface area contributed by atoms with Crippen LogP contribution in [0.25, 0.3) is 0 Å². The Kier molecular flexibility index (Phi) is 293. The first-order chi connectivity index (χ1) is 0. The predicted molar refractivity (Wildman–Crippen MR) is 21.7 cm³/mol. The van der Waals surface area contributed by atoms with E-state index in [2.05, 4.69) is 0 Å². The fourth-order valence-electron chi connectivity index (χ4n) is 0. The first-order valence-electron chi connectivity index (χ1n) is 0. The summed E-state index contributed by atoms with van der Waals surface area (Å²) in [4.78, 5) is 0. The Hall–Kier alpha value is 6.16. The zero-order valence-electron chi connectivity index (χ0n) is 3.38. The topological polar surface area (TPSA) is 0 Å². The molecule has 0 aromatic heterocycles. The minimum absolute atomic E-state index is 0. The van der Waals surface area contributed by atoms with E-state index in [0.29, 0.717) is 0 Å². The molecule has 0 atom stereocenters. The average molecular weight is 674 g/mol. The molecule has 0 rings (SSSR count). The maximum Gasteiger partial charge on any atom is 0 e. The van der Waals surface area contributed by atoms with Crippen molar-refractivity contribution in [2.45, 2.75) is 0 Å². The zero-order valence-corrected chi connectivity index (χ0v) is 19.5. The molecule has 0 amide bonds. The van der Waals surface area contributed by atoms with Gasteiger partial charge in [0.2, 0.25) is 0 Å². The van der Waals surface area contributed by atoms with Crippen molar-refractivity contribution in [3.63, 3.8) is 0 Å². The molecule has 0 bridgehead atoms. The van der Waals surface area contributed by atoms with Gasteiger partial charge in [0.05, 0.1) is 0 Å². The zero-order chi connectivity index (χ0) is 0. The average Bonchev–Trinajstić information content (AvgIpc) is 0. The third-order valence-corrected chi connectivity index (χ3v) is 0. The smallest absolute Gasteiger partial charge is 0 e. The largest absolute Gasteiger partial charge is 0.147 e. The van der Waals surface area contributed by atoms with Gasteiger partial charge in [-0.25, -0.2) is 0 Å². The van der Waals surface area contributed by atoms with Crippen LogP contribution in [0, 0.1) is 159 Å². The van der Waals surface area contributed by atoms with Gasteiger partial charge in [-0.3, -0.25) is 0 Å². The van der Waals surface area contributed by atoms with Gasteiger partial charge in [-0.2, -0.15) is 0 Å². The molecule has 0 aromatic carbocycles. The SMILES string of the molecule is Cl.Cl.Cl.[Ce].[La].[Nd].[Pr]. The Labute approximate surface area is 190 Å². The van der Waals surface area contributed by atoms with Crippen LogP contribution >= 0.6 is 37.2 Å². The molecule has 0 unspecified atom stereocenters. The Morgan fingerprint density at radius 3 is 0.714 bits per heavy atom. The molecule has 0 fully saturated rings. The molecule has 0 saturated carbocycles. The maximum atomic E-state index is 0. The van der Waals surface area contributed by atoms with Crippen LogP contribution in [-0.4, -0.2) is 0 Å². The first-order valence-corrected chi connectivity index (χ1v) is 0. The molecular weight excluding hydrogens is 671 g/mol. The first kappa shape index (κ1) is 51.3. The van der Waals surface area contributed by atoms with Crippen LogP contribution in [0.2, 0.25) is 0 Å². The number of hydrogen-bond donors (Lipinski definition) is 0. The van der Waals surface area contributed by atoms with Crippen LogP contribution in [0.3, 0.4) is 0 Å². The number of rotatable bonds is 0. The predicted octanol–water partition coefficient (Wildman–Crippen LogP) is 1.27. The second-order valence-corrected chi connectivity index (χ2v) is 0. The Bertz CT molecular complexity index is 14.9. The van der Waals surface area contributed by atoms with E-state index in [4.69, 9.17) is 0 Å². The van der Waals surface area contributed by atoms with Gasteiger partial charge in [0, 0.05) is 159 Å². The van der Waals surface area contributed by atoms with Crippen molar-refractivity contribution in [2.75, 3.05) is 0 Å². The van der Waals surface area contributed by atoms with E-state index in [1.807, 2.05) is 0 Å². The fourth-order valence-corrected chi connectivity index (χ4v) is 0. The summed E-state index contributed by atoms with van der Waals surface area (Å²) >= 11 is 0. The van der Waals surface area contributed by atoms with E-state index in [9.17, 15) is 0 Å². The molecule has 2 radical (unpaired) electrons. The molecule has 0 nitrogen and oxygen atoms in total. The fraction of sp³-hybridized carbons (Fsp3) is 0. The van der Waals surface area contributed by atoms with E-state index in [-0.39, 0.29) is 197 Å². The van der Waals surface area contributed by atoms with E-state index in [0.717, 1.165) is 0 Å². The molecular formula is H3CeCl3LaNdPr. The molecule has 0 heterocycles. The summed E-state index contributed by atoms with van der Waals surface area (Å²) < 4.78 is 0. The van der Waals surface area contributed by atoms with Crippen LogP contribution in [-0.2, 0) is 0 Å². The summed E-state index contributed by atoms with van der Waals surface area (Å²) in [5.41, 5.74) is 0. The summed E-state index contributed by atoms with van der Waals surface area (Å²) in [6.45, 7) is 0. The molecule has 0 aliphatic rings. The summed E-state index contributed by atoms with van der Waals surface area (Å²) in [5, 5.41) is 0. The van der Waals surface area contributed by atoms with Gasteiger partial charge in [-0.1, -0.05) is 0 Å². The van der Waals surface area contributed by atoms with Crippen molar-refractivity contribution in [1.29, 1.82) is 0 Å².